The Morgan fingerprint density at radius 1 is 0.800 bits per heavy atom. The Labute approximate surface area is 219 Å². The van der Waals surface area contributed by atoms with E-state index in [1.165, 1.54) is 57.4 Å². The summed E-state index contributed by atoms with van der Waals surface area (Å²) in [7, 11) is -3.71. The van der Waals surface area contributed by atoms with Gasteiger partial charge in [0, 0.05) is 0 Å². The van der Waals surface area contributed by atoms with Crippen molar-refractivity contribution in [3.63, 3.8) is 0 Å². The van der Waals surface area contributed by atoms with Gasteiger partial charge in [-0.05, 0) is 0 Å². The Kier molecular flexibility index (Phi) is 13.7. The summed E-state index contributed by atoms with van der Waals surface area (Å²) in [4.78, 5) is 0.241. The molecule has 0 saturated heterocycles. The van der Waals surface area contributed by atoms with Gasteiger partial charge >= 0.3 is 220 Å². The molecule has 0 saturated carbocycles. The Balaban J connectivity index is 2.26. The van der Waals surface area contributed by atoms with E-state index >= 15 is 0 Å². The summed E-state index contributed by atoms with van der Waals surface area (Å²) in [5, 5.41) is 0. The summed E-state index contributed by atoms with van der Waals surface area (Å²) < 4.78 is 36.7. The fraction of sp³-hybridized carbons (Fsp3) is 0.533. The Morgan fingerprint density at radius 3 is 1.86 bits per heavy atom. The first kappa shape index (κ1) is 30.1. The van der Waals surface area contributed by atoms with Gasteiger partial charge in [0.1, 0.15) is 0 Å². The molecule has 35 heavy (non-hydrogen) atoms. The standard InChI is InChI=1S/C18H19O3S.3C4H9.Sn/c1-16-11-13-18(14-12-16)22(19,20)21-15-7-3-6-10-17-8-4-2-5-9-17;3*1-3-4-2;/h2,4-5,8-14H,3,7,15H2,1H3;3*1,3-4H2,2H3;. The van der Waals surface area contributed by atoms with Crippen molar-refractivity contribution < 1.29 is 12.6 Å². The summed E-state index contributed by atoms with van der Waals surface area (Å²) >= 11 is -2.63. The summed E-state index contributed by atoms with van der Waals surface area (Å²) in [6.45, 7) is 9.10. The van der Waals surface area contributed by atoms with Crippen molar-refractivity contribution in [2.45, 2.75) is 97.3 Å². The van der Waals surface area contributed by atoms with Crippen LogP contribution in [0.3, 0.4) is 0 Å². The van der Waals surface area contributed by atoms with Crippen molar-refractivity contribution in [1.29, 1.82) is 0 Å². The average molecular weight is 605 g/mol. The Hall–Kier alpha value is -1.11. The topological polar surface area (TPSA) is 43.4 Å². The van der Waals surface area contributed by atoms with Crippen LogP contribution in [0.5, 0.6) is 0 Å². The summed E-state index contributed by atoms with van der Waals surface area (Å²) in [6, 6.07) is 17.6. The molecule has 0 N–H and O–H groups in total. The third kappa shape index (κ3) is 10.0. The van der Waals surface area contributed by atoms with E-state index in [9.17, 15) is 8.42 Å². The average Bonchev–Trinajstić information content (AvgIpc) is 2.86. The molecular weight excluding hydrogens is 559 g/mol. The maximum atomic E-state index is 12.7. The van der Waals surface area contributed by atoms with Gasteiger partial charge in [-0.1, -0.05) is 0 Å². The third-order valence-electron chi connectivity index (χ3n) is 6.99. The van der Waals surface area contributed by atoms with Gasteiger partial charge in [-0.2, -0.15) is 0 Å². The molecule has 3 nitrogen and oxygen atoms in total. The first-order valence-corrected chi connectivity index (χ1v) is 22.5. The van der Waals surface area contributed by atoms with E-state index < -0.39 is 28.5 Å². The molecule has 0 aliphatic rings. The first-order valence-electron chi connectivity index (χ1n) is 13.6. The molecule has 0 radical (unpaired) electrons. The minimum atomic E-state index is -3.71. The summed E-state index contributed by atoms with van der Waals surface area (Å²) in [6.07, 6.45) is 11.8. The summed E-state index contributed by atoms with van der Waals surface area (Å²) in [5.41, 5.74) is 2.32. The van der Waals surface area contributed by atoms with Crippen molar-refractivity contribution >= 4 is 34.6 Å². The number of rotatable bonds is 17. The number of hydrogen-bond acceptors (Lipinski definition) is 3. The van der Waals surface area contributed by atoms with Crippen LogP contribution in [0.4, 0.5) is 0 Å². The van der Waals surface area contributed by atoms with Crippen LogP contribution in [-0.2, 0) is 14.3 Å². The zero-order chi connectivity index (χ0) is 25.6. The van der Waals surface area contributed by atoms with Gasteiger partial charge in [-0.15, -0.1) is 0 Å². The zero-order valence-corrected chi connectivity index (χ0v) is 26.1. The predicted octanol–water partition coefficient (Wildman–Crippen LogP) is 8.95. The Morgan fingerprint density at radius 2 is 1.34 bits per heavy atom. The van der Waals surface area contributed by atoms with E-state index in [2.05, 4.69) is 57.2 Å². The van der Waals surface area contributed by atoms with E-state index in [-0.39, 0.29) is 11.5 Å². The van der Waals surface area contributed by atoms with Crippen molar-refractivity contribution in [3.05, 3.63) is 69.3 Å². The van der Waals surface area contributed by atoms with E-state index in [0.717, 1.165) is 18.4 Å². The molecule has 0 aromatic heterocycles. The molecule has 0 amide bonds. The fourth-order valence-corrected chi connectivity index (χ4v) is 22.9. The van der Waals surface area contributed by atoms with Crippen molar-refractivity contribution in [2.24, 2.45) is 0 Å². The number of unbranched alkanes of at least 4 members (excludes halogenated alkanes) is 3. The van der Waals surface area contributed by atoms with E-state index in [4.69, 9.17) is 4.18 Å². The third-order valence-corrected chi connectivity index (χ3v) is 24.5. The van der Waals surface area contributed by atoms with Gasteiger partial charge in [0.05, 0.1) is 0 Å². The second kappa shape index (κ2) is 15.9. The molecule has 2 rings (SSSR count). The van der Waals surface area contributed by atoms with Crippen molar-refractivity contribution in [1.82, 2.24) is 0 Å². The molecule has 0 unspecified atom stereocenters. The van der Waals surface area contributed by atoms with Crippen molar-refractivity contribution in [2.75, 3.05) is 6.61 Å². The van der Waals surface area contributed by atoms with Gasteiger partial charge in [0.15, 0.2) is 0 Å². The molecule has 0 aliphatic heterocycles. The first-order chi connectivity index (χ1) is 16.9. The molecule has 0 spiro atoms. The molecule has 0 atom stereocenters. The van der Waals surface area contributed by atoms with Crippen LogP contribution < -0.4 is 0 Å². The van der Waals surface area contributed by atoms with Crippen LogP contribution in [0.15, 0.2) is 63.1 Å². The van der Waals surface area contributed by atoms with Gasteiger partial charge in [-0.25, -0.2) is 0 Å². The minimum absolute atomic E-state index is 0.236. The van der Waals surface area contributed by atoms with Crippen LogP contribution in [0.2, 0.25) is 13.3 Å². The molecule has 0 heterocycles. The second-order valence-corrected chi connectivity index (χ2v) is 24.9. The number of benzene rings is 2. The van der Waals surface area contributed by atoms with Crippen LogP contribution in [-0.4, -0.2) is 33.4 Å². The van der Waals surface area contributed by atoms with E-state index in [0.29, 0.717) is 0 Å². The van der Waals surface area contributed by atoms with Crippen LogP contribution in [0.1, 0.15) is 83.3 Å². The van der Waals surface area contributed by atoms with Crippen molar-refractivity contribution in [3.8, 4) is 0 Å². The predicted molar refractivity (Wildman–Crippen MR) is 153 cm³/mol. The number of hydrogen-bond donors (Lipinski definition) is 0. The van der Waals surface area contributed by atoms with Gasteiger partial charge in [-0.3, -0.25) is 0 Å². The van der Waals surface area contributed by atoms with Crippen LogP contribution in [0.25, 0.3) is 6.08 Å². The Bertz CT molecular complexity index is 960. The van der Waals surface area contributed by atoms with E-state index in [1.54, 1.807) is 15.7 Å². The molecule has 2 aromatic rings. The van der Waals surface area contributed by atoms with Crippen LogP contribution >= 0.6 is 0 Å². The van der Waals surface area contributed by atoms with Gasteiger partial charge in [0.25, 0.3) is 0 Å². The van der Waals surface area contributed by atoms with Gasteiger partial charge < -0.3 is 0 Å². The molecule has 0 fully saturated rings. The molecular formula is C30H46O3SSn. The van der Waals surface area contributed by atoms with E-state index in [1.807, 2.05) is 19.1 Å². The van der Waals surface area contributed by atoms with Crippen LogP contribution in [0, 0.1) is 6.92 Å². The number of aryl methyl sites for hydroxylation is 1. The molecule has 194 valence electrons. The quantitative estimate of drug-likeness (QED) is 0.103. The zero-order valence-electron chi connectivity index (χ0n) is 22.4. The normalized spacial score (nSPS) is 12.7. The maximum absolute atomic E-state index is 12.7. The fourth-order valence-electron chi connectivity index (χ4n) is 4.85. The van der Waals surface area contributed by atoms with Gasteiger partial charge in [0.2, 0.25) is 0 Å². The molecule has 0 bridgehead atoms. The molecule has 5 heteroatoms. The number of allylic oxidation sites excluding steroid dienone is 1. The second-order valence-electron chi connectivity index (χ2n) is 9.86. The molecule has 2 aromatic carbocycles. The molecule has 0 aliphatic carbocycles. The monoisotopic (exact) mass is 606 g/mol. The SMILES string of the molecule is CCC[CH2][Sn]([CH2]CCC)([CH2]CCC)/[C](=C/c1ccccc1)CCCOS(=O)(=O)c1ccc(C)cc1. The summed E-state index contributed by atoms with van der Waals surface area (Å²) in [5.74, 6) is 0.